The van der Waals surface area contributed by atoms with Crippen molar-refractivity contribution >= 4 is 27.6 Å². The van der Waals surface area contributed by atoms with E-state index in [1.807, 2.05) is 0 Å². The Kier molecular flexibility index (Phi) is 4.46. The van der Waals surface area contributed by atoms with Gasteiger partial charge in [0, 0.05) is 11.6 Å². The van der Waals surface area contributed by atoms with Crippen molar-refractivity contribution in [1.82, 2.24) is 15.4 Å². The number of aromatic hydroxyl groups is 2. The van der Waals surface area contributed by atoms with Crippen LogP contribution in [0, 0.1) is 0 Å². The van der Waals surface area contributed by atoms with Crippen LogP contribution in [0.15, 0.2) is 28.8 Å². The van der Waals surface area contributed by atoms with Crippen LogP contribution in [0.5, 0.6) is 11.5 Å². The molecule has 0 saturated carbocycles. The van der Waals surface area contributed by atoms with E-state index in [1.54, 1.807) is 0 Å². The second-order valence-corrected chi connectivity index (χ2v) is 9.90. The highest BCUT2D eigenvalue weighted by atomic mass is 32.2. The van der Waals surface area contributed by atoms with Crippen LogP contribution in [0.1, 0.15) is 35.2 Å². The highest BCUT2D eigenvalue weighted by Gasteiger charge is 2.71. The standard InChI is InChI=1S/C18H17N3O9S/c1-18(15(17(26)27)21-13(24)6-14(21)31(18,28)29)12-5-9(30-20-12)7-19-16(25)8-2-3-10(22)11(23)4-8/h2-5,14-15,22-23H,6-7H2,1H3,(H,19,25)(H,26,27)/t14-,15+,18+/m1/s1. The van der Waals surface area contributed by atoms with E-state index in [4.69, 9.17) is 4.52 Å². The molecule has 2 fully saturated rings. The fourth-order valence-corrected chi connectivity index (χ4v) is 6.26. The number of fused-ring (bicyclic) bond motifs is 1. The number of carbonyl (C=O) groups is 3. The lowest BCUT2D eigenvalue weighted by Gasteiger charge is -2.35. The summed E-state index contributed by atoms with van der Waals surface area (Å²) in [5, 5.41) is 33.4. The average molecular weight is 451 g/mol. The van der Waals surface area contributed by atoms with Gasteiger partial charge in [-0.25, -0.2) is 13.2 Å². The molecule has 2 aromatic rings. The number of sulfone groups is 1. The van der Waals surface area contributed by atoms with Gasteiger partial charge in [0.15, 0.2) is 33.1 Å². The number of nitrogens with one attached hydrogen (secondary N) is 1. The summed E-state index contributed by atoms with van der Waals surface area (Å²) in [7, 11) is -4.11. The van der Waals surface area contributed by atoms with E-state index in [0.29, 0.717) is 0 Å². The van der Waals surface area contributed by atoms with Crippen molar-refractivity contribution in [3.05, 3.63) is 41.3 Å². The normalized spacial score (nSPS) is 26.2. The minimum atomic E-state index is -4.11. The maximum absolute atomic E-state index is 13.0. The van der Waals surface area contributed by atoms with Crippen LogP contribution in [0.25, 0.3) is 0 Å². The fourth-order valence-electron chi connectivity index (χ4n) is 3.88. The lowest BCUT2D eigenvalue weighted by atomic mass is 9.93. The number of hydrogen-bond donors (Lipinski definition) is 4. The van der Waals surface area contributed by atoms with Crippen molar-refractivity contribution in [2.24, 2.45) is 0 Å². The Morgan fingerprint density at radius 2 is 2.00 bits per heavy atom. The summed E-state index contributed by atoms with van der Waals surface area (Å²) >= 11 is 0. The van der Waals surface area contributed by atoms with Crippen molar-refractivity contribution in [2.75, 3.05) is 0 Å². The van der Waals surface area contributed by atoms with Crippen molar-refractivity contribution < 1.29 is 42.6 Å². The van der Waals surface area contributed by atoms with Gasteiger partial charge in [-0.3, -0.25) is 9.59 Å². The molecular weight excluding hydrogens is 434 g/mol. The molecule has 1 aromatic heterocycles. The van der Waals surface area contributed by atoms with E-state index >= 15 is 0 Å². The number of carboxylic acids is 1. The number of nitrogens with zero attached hydrogens (tertiary/aromatic N) is 2. The van der Waals surface area contributed by atoms with Crippen molar-refractivity contribution in [3.8, 4) is 11.5 Å². The van der Waals surface area contributed by atoms with Gasteiger partial charge < -0.3 is 30.1 Å². The molecule has 3 heterocycles. The zero-order chi connectivity index (χ0) is 22.7. The summed E-state index contributed by atoms with van der Waals surface area (Å²) in [6.07, 6.45) is -0.290. The van der Waals surface area contributed by atoms with E-state index in [9.17, 15) is 38.1 Å². The Bertz CT molecular complexity index is 1220. The molecule has 12 nitrogen and oxygen atoms in total. The van der Waals surface area contributed by atoms with E-state index in [0.717, 1.165) is 17.0 Å². The lowest BCUT2D eigenvalue weighted by Crippen LogP contribution is -2.57. The summed E-state index contributed by atoms with van der Waals surface area (Å²) < 4.78 is 29.1. The molecule has 0 unspecified atom stereocenters. The third-order valence-corrected chi connectivity index (χ3v) is 8.38. The summed E-state index contributed by atoms with van der Waals surface area (Å²) in [6.45, 7) is 0.972. The Hall–Kier alpha value is -3.61. The van der Waals surface area contributed by atoms with Crippen LogP contribution in [0.2, 0.25) is 0 Å². The summed E-state index contributed by atoms with van der Waals surface area (Å²) in [6, 6.07) is 3.04. The first-order valence-corrected chi connectivity index (χ1v) is 10.6. The Balaban J connectivity index is 1.57. The summed E-state index contributed by atoms with van der Waals surface area (Å²) in [5.74, 6) is -3.49. The molecule has 2 aliphatic rings. The smallest absolute Gasteiger partial charge is 0.328 e. The molecule has 0 spiro atoms. The molecule has 0 aliphatic carbocycles. The Morgan fingerprint density at radius 3 is 2.61 bits per heavy atom. The molecule has 31 heavy (non-hydrogen) atoms. The van der Waals surface area contributed by atoms with Gasteiger partial charge in [-0.15, -0.1) is 0 Å². The number of aliphatic carboxylic acids is 1. The maximum Gasteiger partial charge on any atom is 0.328 e. The maximum atomic E-state index is 13.0. The first kappa shape index (κ1) is 20.7. The molecule has 2 amide bonds. The van der Waals surface area contributed by atoms with Crippen LogP contribution in [-0.2, 0) is 30.7 Å². The lowest BCUT2D eigenvalue weighted by molar-refractivity contribution is -0.157. The van der Waals surface area contributed by atoms with Crippen molar-refractivity contribution in [1.29, 1.82) is 0 Å². The van der Waals surface area contributed by atoms with E-state index in [-0.39, 0.29) is 30.0 Å². The van der Waals surface area contributed by atoms with Gasteiger partial charge in [-0.1, -0.05) is 5.16 Å². The molecule has 0 bridgehead atoms. The molecule has 2 saturated heterocycles. The van der Waals surface area contributed by atoms with Gasteiger partial charge >= 0.3 is 5.97 Å². The second kappa shape index (κ2) is 6.70. The van der Waals surface area contributed by atoms with Crippen LogP contribution >= 0.6 is 0 Å². The number of benzene rings is 1. The van der Waals surface area contributed by atoms with Crippen LogP contribution < -0.4 is 5.32 Å². The first-order valence-electron chi connectivity index (χ1n) is 9.02. The summed E-state index contributed by atoms with van der Waals surface area (Å²) in [4.78, 5) is 36.7. The van der Waals surface area contributed by atoms with Crippen LogP contribution in [-0.4, -0.2) is 63.0 Å². The minimum Gasteiger partial charge on any atom is -0.504 e. The largest absolute Gasteiger partial charge is 0.504 e. The van der Waals surface area contributed by atoms with Gasteiger partial charge in [-0.2, -0.15) is 0 Å². The minimum absolute atomic E-state index is 0.0486. The van der Waals surface area contributed by atoms with E-state index in [1.165, 1.54) is 19.1 Å². The number of β-lactam (4-membered cyclic amide) rings is 1. The predicted octanol–water partition coefficient (Wildman–Crippen LogP) is -0.329. The predicted molar refractivity (Wildman–Crippen MR) is 100 cm³/mol. The molecule has 4 N–H and O–H groups in total. The molecule has 13 heteroatoms. The highest BCUT2D eigenvalue weighted by Crippen LogP contribution is 2.51. The van der Waals surface area contributed by atoms with Gasteiger partial charge in [0.1, 0.15) is 15.8 Å². The van der Waals surface area contributed by atoms with E-state index < -0.39 is 55.3 Å². The van der Waals surface area contributed by atoms with Crippen molar-refractivity contribution in [3.63, 3.8) is 0 Å². The quantitative estimate of drug-likeness (QED) is 0.346. The van der Waals surface area contributed by atoms with Crippen LogP contribution in [0.4, 0.5) is 0 Å². The molecule has 1 aromatic carbocycles. The number of hydrogen-bond acceptors (Lipinski definition) is 9. The van der Waals surface area contributed by atoms with Gasteiger partial charge in [0.2, 0.25) is 5.91 Å². The third kappa shape index (κ3) is 2.84. The zero-order valence-corrected chi connectivity index (χ0v) is 16.8. The first-order chi connectivity index (χ1) is 14.5. The molecule has 3 atom stereocenters. The van der Waals surface area contributed by atoms with Gasteiger partial charge in [0.25, 0.3) is 5.91 Å². The average Bonchev–Trinajstić information content (AvgIpc) is 3.23. The number of carbonyl (C=O) groups excluding carboxylic acids is 2. The monoisotopic (exact) mass is 451 g/mol. The third-order valence-electron chi connectivity index (χ3n) is 5.66. The Labute approximate surface area is 175 Å². The number of aromatic nitrogens is 1. The van der Waals surface area contributed by atoms with Crippen LogP contribution in [0.3, 0.4) is 0 Å². The van der Waals surface area contributed by atoms with Gasteiger partial charge in [0.05, 0.1) is 13.0 Å². The molecule has 0 radical (unpaired) electrons. The highest BCUT2D eigenvalue weighted by molar-refractivity contribution is 7.93. The number of phenolic OH excluding ortho intramolecular Hbond substituents is 2. The number of carboxylic acid groups (broad SMARTS) is 1. The molecule has 164 valence electrons. The summed E-state index contributed by atoms with van der Waals surface area (Å²) in [5.41, 5.74) is -0.136. The second-order valence-electron chi connectivity index (χ2n) is 7.42. The molecular formula is C18H17N3O9S. The fraction of sp³-hybridized carbons (Fsp3) is 0.333. The molecule has 4 rings (SSSR count). The molecule has 2 aliphatic heterocycles. The Morgan fingerprint density at radius 1 is 1.29 bits per heavy atom. The van der Waals surface area contributed by atoms with E-state index in [2.05, 4.69) is 10.5 Å². The SMILES string of the molecule is C[C@]1(c2cc(CNC(=O)c3ccc(O)c(O)c3)on2)[C@H](C(=O)O)N2C(=O)C[C@H]2S1(=O)=O. The van der Waals surface area contributed by atoms with Gasteiger partial charge in [-0.05, 0) is 25.1 Å². The van der Waals surface area contributed by atoms with Crippen molar-refractivity contribution in [2.45, 2.75) is 36.1 Å². The number of phenols is 2. The number of amides is 2. The number of rotatable bonds is 5. The zero-order valence-electron chi connectivity index (χ0n) is 16.0. The topological polar surface area (TPSA) is 187 Å².